The van der Waals surface area contributed by atoms with Crippen LogP contribution in [0, 0.1) is 10.1 Å². The zero-order chi connectivity index (χ0) is 18.1. The summed E-state index contributed by atoms with van der Waals surface area (Å²) in [6.07, 6.45) is 1.17. The standard InChI is InChI=1S/C15H8ClN3O6/c16-11-5-7(19(23)24)1-3-9(11)12-4-2-8(25-12)6-10-13(20)17-15(22)18-14(10)21/h1-6H,(H2,17,18,20,21,22). The minimum absolute atomic E-state index is 0.113. The third kappa shape index (κ3) is 3.26. The third-order valence-electron chi connectivity index (χ3n) is 3.29. The first-order valence-electron chi connectivity index (χ1n) is 6.77. The number of nitro groups is 1. The largest absolute Gasteiger partial charge is 0.457 e. The molecule has 0 bridgehead atoms. The van der Waals surface area contributed by atoms with Crippen molar-refractivity contribution in [2.24, 2.45) is 0 Å². The molecular weight excluding hydrogens is 354 g/mol. The van der Waals surface area contributed by atoms with Gasteiger partial charge in [0.05, 0.1) is 9.95 Å². The molecule has 0 unspecified atom stereocenters. The summed E-state index contributed by atoms with van der Waals surface area (Å²) in [4.78, 5) is 44.5. The number of nitro benzene ring substituents is 1. The summed E-state index contributed by atoms with van der Waals surface area (Å²) >= 11 is 6.03. The topological polar surface area (TPSA) is 132 Å². The summed E-state index contributed by atoms with van der Waals surface area (Å²) in [5, 5.41) is 14.7. The van der Waals surface area contributed by atoms with Gasteiger partial charge in [-0.3, -0.25) is 30.3 Å². The zero-order valence-corrected chi connectivity index (χ0v) is 13.0. The van der Waals surface area contributed by atoms with Crippen LogP contribution in [0.1, 0.15) is 5.76 Å². The predicted molar refractivity (Wildman–Crippen MR) is 85.5 cm³/mol. The Morgan fingerprint density at radius 1 is 1.08 bits per heavy atom. The lowest BCUT2D eigenvalue weighted by Gasteiger charge is -2.13. The van der Waals surface area contributed by atoms with E-state index in [1.165, 1.54) is 36.4 Å². The van der Waals surface area contributed by atoms with Crippen molar-refractivity contribution in [2.75, 3.05) is 0 Å². The number of hydrogen-bond donors (Lipinski definition) is 2. The lowest BCUT2D eigenvalue weighted by molar-refractivity contribution is -0.384. The maximum atomic E-state index is 11.7. The van der Waals surface area contributed by atoms with E-state index in [1.807, 2.05) is 10.6 Å². The first-order valence-corrected chi connectivity index (χ1v) is 7.15. The van der Waals surface area contributed by atoms with Crippen LogP contribution in [-0.4, -0.2) is 22.8 Å². The fourth-order valence-corrected chi connectivity index (χ4v) is 2.41. The molecule has 2 N–H and O–H groups in total. The van der Waals surface area contributed by atoms with Crippen LogP contribution < -0.4 is 10.6 Å². The van der Waals surface area contributed by atoms with Gasteiger partial charge in [0.25, 0.3) is 17.5 Å². The minimum atomic E-state index is -0.898. The van der Waals surface area contributed by atoms with Gasteiger partial charge in [-0.2, -0.15) is 0 Å². The third-order valence-corrected chi connectivity index (χ3v) is 3.60. The molecule has 1 fully saturated rings. The van der Waals surface area contributed by atoms with Crippen molar-refractivity contribution < 1.29 is 23.7 Å². The number of carbonyl (C=O) groups excluding carboxylic acids is 3. The van der Waals surface area contributed by atoms with Crippen LogP contribution in [0.3, 0.4) is 0 Å². The number of benzene rings is 1. The Labute approximate surface area is 144 Å². The van der Waals surface area contributed by atoms with Crippen molar-refractivity contribution in [1.29, 1.82) is 0 Å². The summed E-state index contributed by atoms with van der Waals surface area (Å²) in [6, 6.07) is 6.00. The molecule has 2 aromatic rings. The Hall–Kier alpha value is -3.46. The van der Waals surface area contributed by atoms with E-state index in [-0.39, 0.29) is 22.0 Å². The molecule has 0 atom stereocenters. The number of non-ortho nitro benzene ring substituents is 1. The Balaban J connectivity index is 1.92. The SMILES string of the molecule is O=C1NC(=O)C(=Cc2ccc(-c3ccc([N+](=O)[O-])cc3Cl)o2)C(=O)N1. The summed E-state index contributed by atoms with van der Waals surface area (Å²) < 4.78 is 5.50. The van der Waals surface area contributed by atoms with Crippen LogP contribution in [0.5, 0.6) is 0 Å². The van der Waals surface area contributed by atoms with E-state index in [4.69, 9.17) is 16.0 Å². The van der Waals surface area contributed by atoms with Crippen molar-refractivity contribution >= 4 is 41.2 Å². The maximum absolute atomic E-state index is 11.7. The molecule has 9 nitrogen and oxygen atoms in total. The molecule has 0 radical (unpaired) electrons. The van der Waals surface area contributed by atoms with Crippen molar-refractivity contribution in [3.63, 3.8) is 0 Å². The van der Waals surface area contributed by atoms with E-state index in [9.17, 15) is 24.5 Å². The van der Waals surface area contributed by atoms with Gasteiger partial charge in [0, 0.05) is 17.7 Å². The smallest absolute Gasteiger partial charge is 0.328 e. The van der Waals surface area contributed by atoms with Gasteiger partial charge in [0.15, 0.2) is 0 Å². The Morgan fingerprint density at radius 2 is 1.76 bits per heavy atom. The highest BCUT2D eigenvalue weighted by Crippen LogP contribution is 2.32. The number of nitrogens with one attached hydrogen (secondary N) is 2. The molecule has 0 spiro atoms. The number of carbonyl (C=O) groups is 3. The van der Waals surface area contributed by atoms with E-state index in [2.05, 4.69) is 0 Å². The molecule has 25 heavy (non-hydrogen) atoms. The summed E-state index contributed by atoms with van der Waals surface area (Å²) in [5.74, 6) is -1.24. The molecule has 1 saturated heterocycles. The highest BCUT2D eigenvalue weighted by atomic mass is 35.5. The van der Waals surface area contributed by atoms with Crippen molar-refractivity contribution in [3.05, 3.63) is 56.8 Å². The van der Waals surface area contributed by atoms with Crippen LogP contribution in [0.4, 0.5) is 10.5 Å². The molecule has 0 saturated carbocycles. The van der Waals surface area contributed by atoms with Crippen LogP contribution in [0.25, 0.3) is 17.4 Å². The molecule has 1 aliphatic rings. The van der Waals surface area contributed by atoms with E-state index < -0.39 is 22.8 Å². The van der Waals surface area contributed by atoms with Crippen molar-refractivity contribution in [2.45, 2.75) is 0 Å². The van der Waals surface area contributed by atoms with Crippen molar-refractivity contribution in [3.8, 4) is 11.3 Å². The lowest BCUT2D eigenvalue weighted by Crippen LogP contribution is -2.51. The molecule has 0 aliphatic carbocycles. The Morgan fingerprint density at radius 3 is 2.36 bits per heavy atom. The number of hydrogen-bond acceptors (Lipinski definition) is 6. The monoisotopic (exact) mass is 361 g/mol. The van der Waals surface area contributed by atoms with Gasteiger partial charge in [0.1, 0.15) is 17.1 Å². The van der Waals surface area contributed by atoms with E-state index in [0.29, 0.717) is 11.3 Å². The summed E-state index contributed by atoms with van der Waals surface area (Å²) in [6.45, 7) is 0. The first-order chi connectivity index (χ1) is 11.8. The number of imide groups is 2. The second-order valence-electron chi connectivity index (χ2n) is 4.92. The fraction of sp³-hybridized carbons (Fsp3) is 0. The number of urea groups is 1. The molecule has 1 aromatic heterocycles. The maximum Gasteiger partial charge on any atom is 0.328 e. The number of halogens is 1. The fourth-order valence-electron chi connectivity index (χ4n) is 2.14. The summed E-state index contributed by atoms with van der Waals surface area (Å²) in [7, 11) is 0. The van der Waals surface area contributed by atoms with E-state index in [0.717, 1.165) is 0 Å². The second kappa shape index (κ2) is 6.21. The van der Waals surface area contributed by atoms with Gasteiger partial charge in [0.2, 0.25) is 0 Å². The minimum Gasteiger partial charge on any atom is -0.457 e. The molecule has 1 aliphatic heterocycles. The molecule has 2 heterocycles. The quantitative estimate of drug-likeness (QED) is 0.373. The van der Waals surface area contributed by atoms with Gasteiger partial charge in [-0.15, -0.1) is 0 Å². The number of nitrogens with zero attached hydrogens (tertiary/aromatic N) is 1. The lowest BCUT2D eigenvalue weighted by atomic mass is 10.1. The normalized spacial score (nSPS) is 14.1. The van der Waals surface area contributed by atoms with Gasteiger partial charge >= 0.3 is 6.03 Å². The van der Waals surface area contributed by atoms with Gasteiger partial charge < -0.3 is 4.42 Å². The molecule has 1 aromatic carbocycles. The Kier molecular flexibility index (Phi) is 4.07. The number of rotatable bonds is 3. The second-order valence-corrected chi connectivity index (χ2v) is 5.33. The average Bonchev–Trinajstić information content (AvgIpc) is 2.99. The van der Waals surface area contributed by atoms with Gasteiger partial charge in [-0.25, -0.2) is 4.79 Å². The van der Waals surface area contributed by atoms with Crippen molar-refractivity contribution in [1.82, 2.24) is 10.6 Å². The van der Waals surface area contributed by atoms with Crippen LogP contribution >= 0.6 is 11.6 Å². The van der Waals surface area contributed by atoms with Gasteiger partial charge in [-0.05, 0) is 24.3 Å². The average molecular weight is 362 g/mol. The Bertz CT molecular complexity index is 940. The number of barbiturate groups is 1. The molecule has 3 rings (SSSR count). The van der Waals surface area contributed by atoms with E-state index in [1.54, 1.807) is 0 Å². The molecule has 126 valence electrons. The van der Waals surface area contributed by atoms with Crippen LogP contribution in [0.15, 0.2) is 40.3 Å². The number of furan rings is 1. The van der Waals surface area contributed by atoms with Gasteiger partial charge in [-0.1, -0.05) is 11.6 Å². The molecule has 4 amide bonds. The molecular formula is C15H8ClN3O6. The number of amides is 4. The summed E-state index contributed by atoms with van der Waals surface area (Å²) in [5.41, 5.74) is -0.0530. The zero-order valence-electron chi connectivity index (χ0n) is 12.2. The first kappa shape index (κ1) is 16.4. The van der Waals surface area contributed by atoms with Crippen LogP contribution in [-0.2, 0) is 9.59 Å². The molecule has 10 heteroatoms. The highest BCUT2D eigenvalue weighted by Gasteiger charge is 2.28. The van der Waals surface area contributed by atoms with Crippen LogP contribution in [0.2, 0.25) is 5.02 Å². The predicted octanol–water partition coefficient (Wildman–Crippen LogP) is 2.26. The highest BCUT2D eigenvalue weighted by molar-refractivity contribution is 6.33. The van der Waals surface area contributed by atoms with E-state index >= 15 is 0 Å².